The van der Waals surface area contributed by atoms with E-state index in [1.54, 1.807) is 6.92 Å². The van der Waals surface area contributed by atoms with Crippen LogP contribution >= 0.6 is 0 Å². The molecule has 0 fully saturated rings. The Balaban J connectivity index is 2.83. The second-order valence-electron chi connectivity index (χ2n) is 2.96. The molecule has 0 N–H and O–H groups in total. The first-order chi connectivity index (χ1) is 5.02. The normalized spacial score (nSPS) is 20.7. The Morgan fingerprint density at radius 3 is 2.00 bits per heavy atom. The number of allylic oxidation sites excluding steroid dienone is 2. The number of halogens is 3. The van der Waals surface area contributed by atoms with Crippen molar-refractivity contribution in [2.24, 2.45) is 0 Å². The Kier molecular flexibility index (Phi) is 2.25. The van der Waals surface area contributed by atoms with Gasteiger partial charge >= 0.3 is 6.18 Å². The Morgan fingerprint density at radius 2 is 1.64 bits per heavy atom. The highest BCUT2D eigenvalue weighted by atomic mass is 19.4. The maximum Gasteiger partial charge on any atom is 0.412 e. The third-order valence-corrected chi connectivity index (χ3v) is 2.09. The van der Waals surface area contributed by atoms with Gasteiger partial charge in [0.15, 0.2) is 0 Å². The molecule has 0 aromatic heterocycles. The zero-order valence-corrected chi connectivity index (χ0v) is 6.46. The smallest absolute Gasteiger partial charge is 0.166 e. The fourth-order valence-corrected chi connectivity index (χ4v) is 1.44. The van der Waals surface area contributed by atoms with Gasteiger partial charge in [-0.2, -0.15) is 13.2 Å². The van der Waals surface area contributed by atoms with E-state index in [4.69, 9.17) is 0 Å². The quantitative estimate of drug-likeness (QED) is 0.481. The van der Waals surface area contributed by atoms with Gasteiger partial charge < -0.3 is 0 Å². The predicted octanol–water partition coefficient (Wildman–Crippen LogP) is 3.44. The van der Waals surface area contributed by atoms with E-state index in [0.717, 1.165) is 6.42 Å². The minimum absolute atomic E-state index is 0.218. The summed E-state index contributed by atoms with van der Waals surface area (Å²) in [6.45, 7) is 1.59. The van der Waals surface area contributed by atoms with E-state index >= 15 is 0 Å². The molecule has 0 amide bonds. The lowest BCUT2D eigenvalue weighted by Gasteiger charge is -2.19. The maximum atomic E-state index is 12.1. The van der Waals surface area contributed by atoms with Gasteiger partial charge in [0.05, 0.1) is 0 Å². The van der Waals surface area contributed by atoms with E-state index in [1.807, 2.05) is 0 Å². The van der Waals surface area contributed by atoms with Crippen molar-refractivity contribution in [3.8, 4) is 0 Å². The molecule has 0 atom stereocenters. The van der Waals surface area contributed by atoms with Crippen LogP contribution in [-0.4, -0.2) is 6.18 Å². The molecule has 0 aromatic carbocycles. The molecule has 0 unspecified atom stereocenters. The minimum Gasteiger partial charge on any atom is -0.166 e. The number of hydrogen-bond acceptors (Lipinski definition) is 0. The molecule has 0 radical (unpaired) electrons. The highest BCUT2D eigenvalue weighted by Crippen LogP contribution is 2.36. The topological polar surface area (TPSA) is 0 Å². The fourth-order valence-electron chi connectivity index (χ4n) is 1.44. The van der Waals surface area contributed by atoms with Crippen molar-refractivity contribution >= 4 is 0 Å². The molecule has 0 nitrogen and oxygen atoms in total. The van der Waals surface area contributed by atoms with Crippen molar-refractivity contribution in [3.63, 3.8) is 0 Å². The predicted molar refractivity (Wildman–Crippen MR) is 37.2 cm³/mol. The van der Waals surface area contributed by atoms with Crippen molar-refractivity contribution in [2.45, 2.75) is 38.8 Å². The van der Waals surface area contributed by atoms with E-state index in [0.29, 0.717) is 18.4 Å². The molecule has 0 saturated heterocycles. The number of alkyl halides is 3. The monoisotopic (exact) mass is 164 g/mol. The van der Waals surface area contributed by atoms with Gasteiger partial charge in [-0.3, -0.25) is 0 Å². The molecule has 1 aliphatic carbocycles. The van der Waals surface area contributed by atoms with Crippen LogP contribution in [0.2, 0.25) is 0 Å². The Bertz CT molecular complexity index is 176. The van der Waals surface area contributed by atoms with Gasteiger partial charge in [0, 0.05) is 5.57 Å². The van der Waals surface area contributed by atoms with Crippen LogP contribution in [0.4, 0.5) is 13.2 Å². The summed E-state index contributed by atoms with van der Waals surface area (Å²) in [4.78, 5) is 0. The molecule has 1 rings (SSSR count). The Morgan fingerprint density at radius 1 is 1.09 bits per heavy atom. The van der Waals surface area contributed by atoms with E-state index in [9.17, 15) is 13.2 Å². The van der Waals surface area contributed by atoms with Gasteiger partial charge in [0.25, 0.3) is 0 Å². The molecule has 11 heavy (non-hydrogen) atoms. The zero-order chi connectivity index (χ0) is 8.48. The Labute approximate surface area is 64.1 Å². The first kappa shape index (κ1) is 8.62. The molecule has 0 bridgehead atoms. The van der Waals surface area contributed by atoms with Crippen molar-refractivity contribution in [2.75, 3.05) is 0 Å². The first-order valence-corrected chi connectivity index (χ1v) is 3.77. The lowest BCUT2D eigenvalue weighted by Crippen LogP contribution is -2.16. The van der Waals surface area contributed by atoms with Crippen LogP contribution in [0.5, 0.6) is 0 Å². The fraction of sp³-hybridized carbons (Fsp3) is 0.750. The average Bonchev–Trinajstić information content (AvgIpc) is 1.86. The van der Waals surface area contributed by atoms with Gasteiger partial charge in [-0.15, -0.1) is 0 Å². The first-order valence-electron chi connectivity index (χ1n) is 3.77. The molecule has 0 spiro atoms. The second-order valence-corrected chi connectivity index (χ2v) is 2.96. The highest BCUT2D eigenvalue weighted by Gasteiger charge is 2.35. The van der Waals surface area contributed by atoms with Gasteiger partial charge in [0.2, 0.25) is 0 Å². The molecular weight excluding hydrogens is 153 g/mol. The van der Waals surface area contributed by atoms with Crippen LogP contribution in [0.25, 0.3) is 0 Å². The van der Waals surface area contributed by atoms with Gasteiger partial charge in [-0.1, -0.05) is 5.57 Å². The SMILES string of the molecule is CC1=C(C(F)(F)F)CCCC1. The summed E-state index contributed by atoms with van der Waals surface area (Å²) in [5.41, 5.74) is 0.243. The van der Waals surface area contributed by atoms with Crippen LogP contribution in [0.1, 0.15) is 32.6 Å². The van der Waals surface area contributed by atoms with E-state index in [-0.39, 0.29) is 12.0 Å². The molecular formula is C8H11F3. The van der Waals surface area contributed by atoms with E-state index in [1.165, 1.54) is 0 Å². The van der Waals surface area contributed by atoms with Crippen molar-refractivity contribution in [1.82, 2.24) is 0 Å². The molecule has 1 aliphatic rings. The summed E-state index contributed by atoms with van der Waals surface area (Å²) in [6, 6.07) is 0. The van der Waals surface area contributed by atoms with E-state index in [2.05, 4.69) is 0 Å². The maximum absolute atomic E-state index is 12.1. The molecule has 0 aromatic rings. The second kappa shape index (κ2) is 2.88. The number of rotatable bonds is 0. The van der Waals surface area contributed by atoms with E-state index < -0.39 is 6.18 Å². The highest BCUT2D eigenvalue weighted by molar-refractivity contribution is 5.19. The Hall–Kier alpha value is -0.470. The lowest BCUT2D eigenvalue weighted by atomic mass is 9.92. The molecule has 0 aliphatic heterocycles. The van der Waals surface area contributed by atoms with Crippen molar-refractivity contribution in [3.05, 3.63) is 11.1 Å². The molecule has 0 saturated carbocycles. The van der Waals surface area contributed by atoms with Crippen LogP contribution in [-0.2, 0) is 0 Å². The van der Waals surface area contributed by atoms with Crippen LogP contribution in [0.15, 0.2) is 11.1 Å². The number of hydrogen-bond donors (Lipinski definition) is 0. The lowest BCUT2D eigenvalue weighted by molar-refractivity contribution is -0.0958. The van der Waals surface area contributed by atoms with Gasteiger partial charge in [-0.05, 0) is 32.6 Å². The summed E-state index contributed by atoms with van der Waals surface area (Å²) in [6.07, 6.45) is -1.65. The van der Waals surface area contributed by atoms with Crippen molar-refractivity contribution in [1.29, 1.82) is 0 Å². The zero-order valence-electron chi connectivity index (χ0n) is 6.46. The minimum atomic E-state index is -4.08. The summed E-state index contributed by atoms with van der Waals surface area (Å²) in [7, 11) is 0. The standard InChI is InChI=1S/C8H11F3/c1-6-4-2-3-5-7(6)8(9,10)11/h2-5H2,1H3. The molecule has 3 heteroatoms. The van der Waals surface area contributed by atoms with Crippen molar-refractivity contribution < 1.29 is 13.2 Å². The van der Waals surface area contributed by atoms with Crippen LogP contribution in [0, 0.1) is 0 Å². The molecule has 0 heterocycles. The third kappa shape index (κ3) is 1.98. The summed E-state index contributed by atoms with van der Waals surface area (Å²) in [5.74, 6) is 0. The van der Waals surface area contributed by atoms with Crippen LogP contribution in [0.3, 0.4) is 0 Å². The van der Waals surface area contributed by atoms with Gasteiger partial charge in [0.1, 0.15) is 0 Å². The largest absolute Gasteiger partial charge is 0.412 e. The average molecular weight is 164 g/mol. The third-order valence-electron chi connectivity index (χ3n) is 2.09. The summed E-state index contributed by atoms with van der Waals surface area (Å²) in [5, 5.41) is 0. The van der Waals surface area contributed by atoms with Crippen LogP contribution < -0.4 is 0 Å². The summed E-state index contributed by atoms with van der Waals surface area (Å²) < 4.78 is 36.4. The van der Waals surface area contributed by atoms with Gasteiger partial charge in [-0.25, -0.2) is 0 Å². The summed E-state index contributed by atoms with van der Waals surface area (Å²) >= 11 is 0. The molecule has 64 valence electrons.